The SMILES string of the molecule is Cc1cc(=O)[nH]c(SCc2cc(C(=O)O)ccc2Cl)c1C#N. The van der Waals surface area contributed by atoms with Crippen LogP contribution < -0.4 is 5.56 Å². The number of carboxylic acid groups (broad SMARTS) is 1. The highest BCUT2D eigenvalue weighted by atomic mass is 35.5. The highest BCUT2D eigenvalue weighted by molar-refractivity contribution is 7.98. The van der Waals surface area contributed by atoms with Crippen LogP contribution in [0.25, 0.3) is 0 Å². The molecule has 112 valence electrons. The monoisotopic (exact) mass is 334 g/mol. The number of carboxylic acids is 1. The Bertz CT molecular complexity index is 840. The van der Waals surface area contributed by atoms with Crippen molar-refractivity contribution in [3.63, 3.8) is 0 Å². The van der Waals surface area contributed by atoms with E-state index in [4.69, 9.17) is 22.0 Å². The summed E-state index contributed by atoms with van der Waals surface area (Å²) in [6.45, 7) is 1.69. The molecule has 0 saturated heterocycles. The van der Waals surface area contributed by atoms with Crippen molar-refractivity contribution in [1.82, 2.24) is 4.98 Å². The maximum absolute atomic E-state index is 11.5. The summed E-state index contributed by atoms with van der Waals surface area (Å²) in [5.74, 6) is -0.696. The van der Waals surface area contributed by atoms with E-state index in [1.807, 2.05) is 0 Å². The number of nitriles is 1. The maximum Gasteiger partial charge on any atom is 0.335 e. The molecule has 0 spiro atoms. The second kappa shape index (κ2) is 6.69. The van der Waals surface area contributed by atoms with Gasteiger partial charge in [0, 0.05) is 16.8 Å². The zero-order valence-electron chi connectivity index (χ0n) is 11.5. The molecule has 0 aliphatic carbocycles. The van der Waals surface area contributed by atoms with E-state index in [0.29, 0.717) is 32.5 Å². The van der Waals surface area contributed by atoms with E-state index in [0.717, 1.165) is 0 Å². The van der Waals surface area contributed by atoms with E-state index in [1.165, 1.54) is 36.0 Å². The molecule has 2 N–H and O–H groups in total. The molecular weight excluding hydrogens is 324 g/mol. The Morgan fingerprint density at radius 1 is 1.45 bits per heavy atom. The standard InChI is InChI=1S/C15H11ClN2O3S/c1-8-4-13(19)18-14(11(8)6-17)22-7-10-5-9(15(20)21)2-3-12(10)16/h2-5H,7H2,1H3,(H,18,19)(H,20,21). The Morgan fingerprint density at radius 2 is 2.18 bits per heavy atom. The third-order valence-corrected chi connectivity index (χ3v) is 4.40. The molecule has 1 aromatic carbocycles. The van der Waals surface area contributed by atoms with Crippen LogP contribution in [-0.4, -0.2) is 16.1 Å². The van der Waals surface area contributed by atoms with E-state index in [9.17, 15) is 9.59 Å². The molecule has 5 nitrogen and oxygen atoms in total. The lowest BCUT2D eigenvalue weighted by molar-refractivity contribution is 0.0697. The topological polar surface area (TPSA) is 93.9 Å². The largest absolute Gasteiger partial charge is 0.478 e. The maximum atomic E-state index is 11.5. The Balaban J connectivity index is 2.32. The molecule has 0 aliphatic heterocycles. The number of nitrogens with one attached hydrogen (secondary N) is 1. The van der Waals surface area contributed by atoms with Gasteiger partial charge in [-0.2, -0.15) is 5.26 Å². The summed E-state index contributed by atoms with van der Waals surface area (Å²) in [6, 6.07) is 7.84. The number of nitrogens with zero attached hydrogens (tertiary/aromatic N) is 1. The van der Waals surface area contributed by atoms with E-state index in [2.05, 4.69) is 11.1 Å². The van der Waals surface area contributed by atoms with Gasteiger partial charge in [-0.25, -0.2) is 4.79 Å². The lowest BCUT2D eigenvalue weighted by Crippen LogP contribution is -2.08. The molecule has 0 fully saturated rings. The molecule has 22 heavy (non-hydrogen) atoms. The predicted molar refractivity (Wildman–Crippen MR) is 84.5 cm³/mol. The number of thioether (sulfide) groups is 1. The van der Waals surface area contributed by atoms with E-state index in [1.54, 1.807) is 6.92 Å². The van der Waals surface area contributed by atoms with Crippen molar-refractivity contribution in [3.05, 3.63) is 61.9 Å². The third kappa shape index (κ3) is 3.50. The van der Waals surface area contributed by atoms with E-state index in [-0.39, 0.29) is 11.1 Å². The number of hydrogen-bond acceptors (Lipinski definition) is 4. The molecule has 0 amide bonds. The smallest absolute Gasteiger partial charge is 0.335 e. The molecule has 1 aromatic heterocycles. The third-order valence-electron chi connectivity index (χ3n) is 2.98. The van der Waals surface area contributed by atoms with Crippen LogP contribution in [0.3, 0.4) is 0 Å². The zero-order chi connectivity index (χ0) is 16.3. The summed E-state index contributed by atoms with van der Waals surface area (Å²) in [6.07, 6.45) is 0. The van der Waals surface area contributed by atoms with Crippen molar-refractivity contribution >= 4 is 29.3 Å². The number of aromatic amines is 1. The van der Waals surface area contributed by atoms with Crippen LogP contribution in [0.15, 0.2) is 34.1 Å². The minimum Gasteiger partial charge on any atom is -0.478 e. The van der Waals surface area contributed by atoms with Gasteiger partial charge in [-0.3, -0.25) is 4.79 Å². The number of aromatic nitrogens is 1. The molecule has 0 saturated carbocycles. The first-order chi connectivity index (χ1) is 10.4. The lowest BCUT2D eigenvalue weighted by Gasteiger charge is -2.08. The van der Waals surface area contributed by atoms with Gasteiger partial charge in [0.2, 0.25) is 5.56 Å². The molecule has 0 atom stereocenters. The average Bonchev–Trinajstić information content (AvgIpc) is 2.45. The minimum absolute atomic E-state index is 0.137. The summed E-state index contributed by atoms with van der Waals surface area (Å²) in [7, 11) is 0. The van der Waals surface area contributed by atoms with Gasteiger partial charge in [0.15, 0.2) is 0 Å². The molecule has 7 heteroatoms. The number of aromatic carboxylic acids is 1. The molecule has 0 bridgehead atoms. The molecular formula is C15H11ClN2O3S. The predicted octanol–water partition coefficient (Wildman–Crippen LogP) is 3.20. The van der Waals surface area contributed by atoms with Crippen molar-refractivity contribution in [2.75, 3.05) is 0 Å². The second-order valence-corrected chi connectivity index (χ2v) is 5.93. The Kier molecular flexibility index (Phi) is 4.91. The lowest BCUT2D eigenvalue weighted by atomic mass is 10.1. The number of aryl methyl sites for hydroxylation is 1. The minimum atomic E-state index is -1.04. The van der Waals surface area contributed by atoms with Crippen LogP contribution in [0.5, 0.6) is 0 Å². The van der Waals surface area contributed by atoms with Crippen LogP contribution in [0.2, 0.25) is 5.02 Å². The summed E-state index contributed by atoms with van der Waals surface area (Å²) < 4.78 is 0. The first-order valence-electron chi connectivity index (χ1n) is 6.21. The van der Waals surface area contributed by atoms with Gasteiger partial charge in [0.25, 0.3) is 0 Å². The molecule has 2 rings (SSSR count). The van der Waals surface area contributed by atoms with Crippen molar-refractivity contribution in [3.8, 4) is 6.07 Å². The number of pyridine rings is 1. The Hall–Kier alpha value is -2.23. The van der Waals surface area contributed by atoms with Gasteiger partial charge < -0.3 is 10.1 Å². The highest BCUT2D eigenvalue weighted by Crippen LogP contribution is 2.28. The summed E-state index contributed by atoms with van der Waals surface area (Å²) in [5.41, 5.74) is 1.47. The van der Waals surface area contributed by atoms with E-state index < -0.39 is 5.97 Å². The normalized spacial score (nSPS) is 10.2. The van der Waals surface area contributed by atoms with Gasteiger partial charge in [0.1, 0.15) is 6.07 Å². The Labute approximate surface area is 135 Å². The van der Waals surface area contributed by atoms with Gasteiger partial charge in [-0.15, -0.1) is 11.8 Å². The number of H-pyrrole nitrogens is 1. The number of hydrogen-bond donors (Lipinski definition) is 2. The first-order valence-corrected chi connectivity index (χ1v) is 7.57. The van der Waals surface area contributed by atoms with Crippen molar-refractivity contribution in [2.45, 2.75) is 17.7 Å². The second-order valence-electron chi connectivity index (χ2n) is 4.53. The van der Waals surface area contributed by atoms with Crippen LogP contribution in [0.4, 0.5) is 0 Å². The quantitative estimate of drug-likeness (QED) is 0.837. The highest BCUT2D eigenvalue weighted by Gasteiger charge is 2.11. The van der Waals surface area contributed by atoms with Crippen molar-refractivity contribution in [2.24, 2.45) is 0 Å². The molecule has 0 radical (unpaired) electrons. The zero-order valence-corrected chi connectivity index (χ0v) is 13.1. The van der Waals surface area contributed by atoms with Crippen LogP contribution >= 0.6 is 23.4 Å². The van der Waals surface area contributed by atoms with Crippen LogP contribution in [-0.2, 0) is 5.75 Å². The molecule has 2 aromatic rings. The summed E-state index contributed by atoms with van der Waals surface area (Å²) >= 11 is 7.29. The molecule has 0 aliphatic rings. The van der Waals surface area contributed by atoms with Gasteiger partial charge >= 0.3 is 5.97 Å². The number of benzene rings is 1. The Morgan fingerprint density at radius 3 is 2.82 bits per heavy atom. The fourth-order valence-electron chi connectivity index (χ4n) is 1.87. The van der Waals surface area contributed by atoms with Crippen molar-refractivity contribution in [1.29, 1.82) is 5.26 Å². The fourth-order valence-corrected chi connectivity index (χ4v) is 3.20. The van der Waals surface area contributed by atoms with Gasteiger partial charge in [0.05, 0.1) is 16.2 Å². The van der Waals surface area contributed by atoms with Gasteiger partial charge in [-0.1, -0.05) is 11.6 Å². The summed E-state index contributed by atoms with van der Waals surface area (Å²) in [5, 5.41) is 19.1. The molecule has 1 heterocycles. The first kappa shape index (κ1) is 16.1. The van der Waals surface area contributed by atoms with Crippen molar-refractivity contribution < 1.29 is 9.90 Å². The van der Waals surface area contributed by atoms with Crippen LogP contribution in [0, 0.1) is 18.3 Å². The van der Waals surface area contributed by atoms with E-state index >= 15 is 0 Å². The fraction of sp³-hybridized carbons (Fsp3) is 0.133. The van der Waals surface area contributed by atoms with Crippen LogP contribution in [0.1, 0.15) is 27.0 Å². The number of halogens is 1. The summed E-state index contributed by atoms with van der Waals surface area (Å²) in [4.78, 5) is 25.1. The molecule has 0 unspecified atom stereocenters. The number of rotatable bonds is 4. The van der Waals surface area contributed by atoms with Gasteiger partial charge in [-0.05, 0) is 36.2 Å². The number of carbonyl (C=O) groups is 1. The average molecular weight is 335 g/mol.